The van der Waals surface area contributed by atoms with Crippen LogP contribution in [0, 0.1) is 11.8 Å². The first-order valence-electron chi connectivity index (χ1n) is 20.3. The lowest BCUT2D eigenvalue weighted by molar-refractivity contribution is -0.136. The molecule has 4 N–H and O–H groups in total. The van der Waals surface area contributed by atoms with Crippen LogP contribution in [0.2, 0.25) is 0 Å². The SMILES string of the molecule is CC[C@@H](C)[C@H](NC(=O)OC)C(=O)N1CCC[C@H]1c1ncc(-c2ccc3cc(-c4cc5nc([C@@H]6CCCN6C(=O)[C@@H](NC(=O)OC)[C@H](C)CC)[nH]c5cn4)ccc3c2)[nH]1. The highest BCUT2D eigenvalue weighted by Crippen LogP contribution is 2.36. The van der Waals surface area contributed by atoms with Gasteiger partial charge in [-0.15, -0.1) is 0 Å². The molecule has 2 saturated heterocycles. The molecule has 6 atom stereocenters. The first kappa shape index (κ1) is 40.2. The van der Waals surface area contributed by atoms with Crippen molar-refractivity contribution in [3.63, 3.8) is 0 Å². The average Bonchev–Trinajstić information content (AvgIpc) is 4.09. The van der Waals surface area contributed by atoms with Crippen LogP contribution in [0.4, 0.5) is 9.59 Å². The van der Waals surface area contributed by atoms with Crippen molar-refractivity contribution in [2.45, 2.75) is 90.4 Å². The lowest BCUT2D eigenvalue weighted by atomic mass is 9.97. The van der Waals surface area contributed by atoms with E-state index in [4.69, 9.17) is 24.4 Å². The average molecular weight is 792 g/mol. The van der Waals surface area contributed by atoms with E-state index in [9.17, 15) is 19.2 Å². The Kier molecular flexibility index (Phi) is 12.0. The number of aromatic nitrogens is 5. The third-order valence-corrected chi connectivity index (χ3v) is 12.0. The Morgan fingerprint density at radius 3 is 1.86 bits per heavy atom. The minimum Gasteiger partial charge on any atom is -0.453 e. The Balaban J connectivity index is 1.07. The van der Waals surface area contributed by atoms with Crippen molar-refractivity contribution in [3.8, 4) is 22.5 Å². The van der Waals surface area contributed by atoms with E-state index in [0.717, 1.165) is 88.7 Å². The number of rotatable bonds is 12. The molecule has 306 valence electrons. The van der Waals surface area contributed by atoms with Gasteiger partial charge in [0.15, 0.2) is 0 Å². The van der Waals surface area contributed by atoms with E-state index >= 15 is 0 Å². The number of nitrogens with zero attached hydrogens (tertiary/aromatic N) is 5. The van der Waals surface area contributed by atoms with Crippen LogP contribution in [0.15, 0.2) is 54.9 Å². The summed E-state index contributed by atoms with van der Waals surface area (Å²) in [6.07, 6.45) is 7.02. The van der Waals surface area contributed by atoms with Crippen LogP contribution in [0.3, 0.4) is 0 Å². The van der Waals surface area contributed by atoms with E-state index in [1.807, 2.05) is 55.8 Å². The Morgan fingerprint density at radius 2 is 1.29 bits per heavy atom. The minimum atomic E-state index is -0.691. The Morgan fingerprint density at radius 1 is 0.741 bits per heavy atom. The first-order chi connectivity index (χ1) is 28.0. The number of benzene rings is 2. The highest BCUT2D eigenvalue weighted by atomic mass is 16.5. The summed E-state index contributed by atoms with van der Waals surface area (Å²) >= 11 is 0. The fourth-order valence-corrected chi connectivity index (χ4v) is 8.20. The number of nitrogens with one attached hydrogen (secondary N) is 4. The molecule has 3 aromatic heterocycles. The van der Waals surface area contributed by atoms with Crippen LogP contribution < -0.4 is 10.6 Å². The molecule has 5 heterocycles. The van der Waals surface area contributed by atoms with Gasteiger partial charge in [0.2, 0.25) is 11.8 Å². The van der Waals surface area contributed by atoms with Gasteiger partial charge in [0.25, 0.3) is 0 Å². The van der Waals surface area contributed by atoms with Crippen molar-refractivity contribution in [3.05, 3.63) is 66.5 Å². The van der Waals surface area contributed by atoms with Crippen LogP contribution in [-0.4, -0.2) is 98.1 Å². The molecule has 2 aliphatic heterocycles. The molecular weight excluding hydrogens is 739 g/mol. The summed E-state index contributed by atoms with van der Waals surface area (Å²) in [5, 5.41) is 7.59. The molecule has 7 rings (SSSR count). The highest BCUT2D eigenvalue weighted by Gasteiger charge is 2.39. The molecule has 0 unspecified atom stereocenters. The van der Waals surface area contributed by atoms with Gasteiger partial charge in [-0.2, -0.15) is 0 Å². The monoisotopic (exact) mass is 791 g/mol. The van der Waals surface area contributed by atoms with Crippen molar-refractivity contribution in [2.75, 3.05) is 27.3 Å². The highest BCUT2D eigenvalue weighted by molar-refractivity contribution is 5.91. The van der Waals surface area contributed by atoms with Crippen LogP contribution in [0.1, 0.15) is 90.0 Å². The van der Waals surface area contributed by atoms with Gasteiger partial charge >= 0.3 is 12.2 Å². The topological polar surface area (TPSA) is 188 Å². The molecule has 2 aromatic carbocycles. The molecule has 58 heavy (non-hydrogen) atoms. The lowest BCUT2D eigenvalue weighted by Gasteiger charge is -2.30. The summed E-state index contributed by atoms with van der Waals surface area (Å²) < 4.78 is 9.62. The number of carbonyl (C=O) groups excluding carboxylic acids is 4. The summed E-state index contributed by atoms with van der Waals surface area (Å²) in [6, 6.07) is 12.6. The number of ether oxygens (including phenoxy) is 2. The van der Waals surface area contributed by atoms with Crippen LogP contribution >= 0.6 is 0 Å². The van der Waals surface area contributed by atoms with Crippen LogP contribution in [0.5, 0.6) is 0 Å². The van der Waals surface area contributed by atoms with Crippen molar-refractivity contribution in [1.29, 1.82) is 0 Å². The predicted octanol–water partition coefficient (Wildman–Crippen LogP) is 7.04. The van der Waals surface area contributed by atoms with Crippen molar-refractivity contribution < 1.29 is 28.7 Å². The molecule has 4 amide bonds. The number of alkyl carbamates (subject to hydrolysis) is 2. The maximum Gasteiger partial charge on any atom is 0.407 e. The number of H-pyrrole nitrogens is 2. The molecular formula is C43H53N9O6. The predicted molar refractivity (Wildman–Crippen MR) is 219 cm³/mol. The summed E-state index contributed by atoms with van der Waals surface area (Å²) in [5.74, 6) is 1.03. The number of fused-ring (bicyclic) bond motifs is 2. The second-order valence-electron chi connectivity index (χ2n) is 15.5. The molecule has 0 saturated carbocycles. The molecule has 2 fully saturated rings. The number of hydrogen-bond acceptors (Lipinski definition) is 9. The zero-order chi connectivity index (χ0) is 41.1. The smallest absolute Gasteiger partial charge is 0.407 e. The normalized spacial score (nSPS) is 18.9. The van der Waals surface area contributed by atoms with Gasteiger partial charge in [-0.05, 0) is 66.5 Å². The van der Waals surface area contributed by atoms with Gasteiger partial charge in [0, 0.05) is 24.2 Å². The second-order valence-corrected chi connectivity index (χ2v) is 15.5. The fourth-order valence-electron chi connectivity index (χ4n) is 8.20. The van der Waals surface area contributed by atoms with Crippen molar-refractivity contribution in [1.82, 2.24) is 45.4 Å². The van der Waals surface area contributed by atoms with Gasteiger partial charge in [0.1, 0.15) is 23.7 Å². The van der Waals surface area contributed by atoms with Gasteiger partial charge in [-0.3, -0.25) is 14.6 Å². The van der Waals surface area contributed by atoms with Crippen molar-refractivity contribution in [2.24, 2.45) is 11.8 Å². The molecule has 0 aliphatic carbocycles. The quantitative estimate of drug-likeness (QED) is 0.103. The summed E-state index contributed by atoms with van der Waals surface area (Å²) in [7, 11) is 2.60. The summed E-state index contributed by atoms with van der Waals surface area (Å²) in [5.41, 5.74) is 5.09. The summed E-state index contributed by atoms with van der Waals surface area (Å²) in [4.78, 5) is 76.7. The number of amides is 4. The molecule has 0 radical (unpaired) electrons. The fraction of sp³-hybridized carbons (Fsp3) is 0.465. The number of imidazole rings is 2. The van der Waals surface area contributed by atoms with Gasteiger partial charge in [-0.1, -0.05) is 64.8 Å². The van der Waals surface area contributed by atoms with Crippen LogP contribution in [0.25, 0.3) is 44.3 Å². The number of aromatic amines is 2. The van der Waals surface area contributed by atoms with E-state index in [1.54, 1.807) is 6.20 Å². The van der Waals surface area contributed by atoms with E-state index in [1.165, 1.54) is 14.2 Å². The zero-order valence-corrected chi connectivity index (χ0v) is 34.0. The second kappa shape index (κ2) is 17.2. The van der Waals surface area contributed by atoms with E-state index in [-0.39, 0.29) is 35.7 Å². The Labute approximate surface area is 337 Å². The van der Waals surface area contributed by atoms with E-state index in [0.29, 0.717) is 18.9 Å². The molecule has 2 aliphatic rings. The molecule has 15 nitrogen and oxygen atoms in total. The standard InChI is InChI=1S/C43H53N9O6/c1-7-24(3)36(49-42(55)57-5)40(53)51-17-9-11-34(51)38-45-22-32(47-38)29-16-14-26-19-28(15-13-27(26)20-29)30-21-31-33(23-44-30)48-39(46-31)35-12-10-18-52(35)41(54)37(25(4)8-2)50-43(56)58-6/h13-16,19-25,34-37H,7-12,17-18H2,1-6H3,(H,45,47)(H,46,48)(H,49,55)(H,50,56)/t24-,25-,34+,35+,36+,37+/m1/s1. The van der Waals surface area contributed by atoms with Gasteiger partial charge < -0.3 is 39.9 Å². The first-order valence-corrected chi connectivity index (χ1v) is 20.3. The van der Waals surface area contributed by atoms with Crippen molar-refractivity contribution >= 4 is 45.8 Å². The Bertz CT molecular complexity index is 2300. The molecule has 0 bridgehead atoms. The summed E-state index contributed by atoms with van der Waals surface area (Å²) in [6.45, 7) is 9.07. The minimum absolute atomic E-state index is 0.0609. The largest absolute Gasteiger partial charge is 0.453 e. The van der Waals surface area contributed by atoms with Crippen LogP contribution in [-0.2, 0) is 19.1 Å². The van der Waals surface area contributed by atoms with E-state index < -0.39 is 24.3 Å². The Hall–Kier alpha value is -5.99. The number of hydrogen-bond donors (Lipinski definition) is 4. The number of carbonyl (C=O) groups is 4. The van der Waals surface area contributed by atoms with Gasteiger partial charge in [0.05, 0.1) is 61.1 Å². The lowest BCUT2D eigenvalue weighted by Crippen LogP contribution is -2.51. The number of likely N-dealkylation sites (tertiary alicyclic amines) is 2. The molecule has 15 heteroatoms. The number of pyridine rings is 1. The zero-order valence-electron chi connectivity index (χ0n) is 34.0. The maximum absolute atomic E-state index is 13.8. The number of methoxy groups -OCH3 is 2. The maximum atomic E-state index is 13.8. The molecule has 0 spiro atoms. The van der Waals surface area contributed by atoms with E-state index in [2.05, 4.69) is 50.9 Å². The third kappa shape index (κ3) is 8.07. The third-order valence-electron chi connectivity index (χ3n) is 12.0. The molecule has 5 aromatic rings. The van der Waals surface area contributed by atoms with Gasteiger partial charge in [-0.25, -0.2) is 19.6 Å².